The van der Waals surface area contributed by atoms with E-state index in [1.165, 1.54) is 12.1 Å². The summed E-state index contributed by atoms with van der Waals surface area (Å²) in [5.74, 6) is -0.463. The Hall–Kier alpha value is -2.46. The summed E-state index contributed by atoms with van der Waals surface area (Å²) < 4.78 is 4.80. The van der Waals surface area contributed by atoms with E-state index in [0.717, 1.165) is 0 Å². The van der Waals surface area contributed by atoms with Crippen molar-refractivity contribution in [3.8, 4) is 6.07 Å². The van der Waals surface area contributed by atoms with Gasteiger partial charge in [0, 0.05) is 12.6 Å². The van der Waals surface area contributed by atoms with Gasteiger partial charge in [0.2, 0.25) is 0 Å². The molecule has 0 saturated heterocycles. The summed E-state index contributed by atoms with van der Waals surface area (Å²) in [5.41, 5.74) is 5.89. The molecule has 0 aliphatic carbocycles. The molecule has 0 saturated carbocycles. The van der Waals surface area contributed by atoms with Crippen molar-refractivity contribution >= 4 is 11.7 Å². The van der Waals surface area contributed by atoms with Gasteiger partial charge >= 0.3 is 5.97 Å². The zero-order valence-electron chi connectivity index (χ0n) is 10.4. The summed E-state index contributed by atoms with van der Waals surface area (Å²) >= 11 is 0. The molecule has 2 N–H and O–H groups in total. The van der Waals surface area contributed by atoms with E-state index in [0.29, 0.717) is 11.1 Å². The highest BCUT2D eigenvalue weighted by atomic mass is 16.6. The SMILES string of the molecule is CCOC(=O)Cc1ccc([N+](=O)[O-])c(C#N)c1CN. The van der Waals surface area contributed by atoms with Crippen molar-refractivity contribution in [2.75, 3.05) is 6.61 Å². The van der Waals surface area contributed by atoms with Gasteiger partial charge in [-0.25, -0.2) is 0 Å². The fourth-order valence-corrected chi connectivity index (χ4v) is 1.72. The Balaban J connectivity index is 3.25. The molecule has 7 nitrogen and oxygen atoms in total. The maximum atomic E-state index is 11.4. The Morgan fingerprint density at radius 2 is 2.26 bits per heavy atom. The molecular formula is C12H13N3O4. The molecule has 19 heavy (non-hydrogen) atoms. The van der Waals surface area contributed by atoms with Crippen LogP contribution in [0.25, 0.3) is 0 Å². The summed E-state index contributed by atoms with van der Waals surface area (Å²) in [6, 6.07) is 4.40. The van der Waals surface area contributed by atoms with Crippen molar-refractivity contribution in [1.29, 1.82) is 5.26 Å². The molecule has 1 aromatic carbocycles. The van der Waals surface area contributed by atoms with Crippen molar-refractivity contribution < 1.29 is 14.5 Å². The summed E-state index contributed by atoms with van der Waals surface area (Å²) in [6.07, 6.45) is -0.0625. The lowest BCUT2D eigenvalue weighted by atomic mass is 9.98. The molecular weight excluding hydrogens is 250 g/mol. The van der Waals surface area contributed by atoms with Crippen LogP contribution in [0.4, 0.5) is 5.69 Å². The van der Waals surface area contributed by atoms with Crippen LogP contribution in [0.15, 0.2) is 12.1 Å². The maximum Gasteiger partial charge on any atom is 0.310 e. The minimum atomic E-state index is -0.647. The molecule has 0 amide bonds. The average molecular weight is 263 g/mol. The minimum Gasteiger partial charge on any atom is -0.466 e. The number of carbonyl (C=O) groups excluding carboxylic acids is 1. The molecule has 0 aliphatic rings. The number of hydrogen-bond donors (Lipinski definition) is 1. The Kier molecular flexibility index (Phi) is 4.97. The van der Waals surface area contributed by atoms with E-state index >= 15 is 0 Å². The molecule has 7 heteroatoms. The topological polar surface area (TPSA) is 119 Å². The van der Waals surface area contributed by atoms with Crippen LogP contribution in [0.2, 0.25) is 0 Å². The second-order valence-corrected chi connectivity index (χ2v) is 3.65. The van der Waals surface area contributed by atoms with Crippen LogP contribution in [-0.2, 0) is 22.5 Å². The van der Waals surface area contributed by atoms with E-state index in [1.807, 2.05) is 0 Å². The molecule has 1 aromatic rings. The van der Waals surface area contributed by atoms with Gasteiger partial charge in [0.15, 0.2) is 0 Å². The van der Waals surface area contributed by atoms with Gasteiger partial charge in [-0.1, -0.05) is 6.07 Å². The highest BCUT2D eigenvalue weighted by Crippen LogP contribution is 2.25. The first kappa shape index (κ1) is 14.6. The van der Waals surface area contributed by atoms with Gasteiger partial charge in [-0.3, -0.25) is 14.9 Å². The van der Waals surface area contributed by atoms with Crippen molar-refractivity contribution in [3.05, 3.63) is 38.9 Å². The quantitative estimate of drug-likeness (QED) is 0.481. The van der Waals surface area contributed by atoms with Gasteiger partial charge in [0.1, 0.15) is 11.6 Å². The molecule has 0 bridgehead atoms. The Labute approximate surface area is 109 Å². The lowest BCUT2D eigenvalue weighted by Crippen LogP contribution is -2.13. The molecule has 0 atom stereocenters. The molecule has 100 valence electrons. The van der Waals surface area contributed by atoms with Gasteiger partial charge in [0.05, 0.1) is 18.0 Å². The predicted octanol–water partition coefficient (Wildman–Crippen LogP) is 1.03. The lowest BCUT2D eigenvalue weighted by molar-refractivity contribution is -0.385. The molecule has 0 fully saturated rings. The Morgan fingerprint density at radius 1 is 1.58 bits per heavy atom. The first-order valence-corrected chi connectivity index (χ1v) is 5.60. The molecule has 0 aliphatic heterocycles. The second kappa shape index (κ2) is 6.47. The third kappa shape index (κ3) is 3.26. The lowest BCUT2D eigenvalue weighted by Gasteiger charge is -2.09. The number of benzene rings is 1. The molecule has 0 radical (unpaired) electrons. The van der Waals surface area contributed by atoms with Gasteiger partial charge in [-0.2, -0.15) is 5.26 Å². The zero-order valence-corrected chi connectivity index (χ0v) is 10.4. The average Bonchev–Trinajstić information content (AvgIpc) is 2.37. The third-order valence-corrected chi connectivity index (χ3v) is 2.54. The normalized spacial score (nSPS) is 9.74. The van der Waals surface area contributed by atoms with E-state index in [9.17, 15) is 14.9 Å². The predicted molar refractivity (Wildman–Crippen MR) is 66.0 cm³/mol. The van der Waals surface area contributed by atoms with Crippen molar-refractivity contribution in [3.63, 3.8) is 0 Å². The number of rotatable bonds is 5. The number of nitrogens with zero attached hydrogens (tertiary/aromatic N) is 2. The largest absolute Gasteiger partial charge is 0.466 e. The zero-order chi connectivity index (χ0) is 14.4. The van der Waals surface area contributed by atoms with Crippen LogP contribution in [-0.4, -0.2) is 17.5 Å². The van der Waals surface area contributed by atoms with Crippen LogP contribution in [0.1, 0.15) is 23.6 Å². The van der Waals surface area contributed by atoms with Crippen LogP contribution < -0.4 is 5.73 Å². The van der Waals surface area contributed by atoms with Gasteiger partial charge < -0.3 is 10.5 Å². The van der Waals surface area contributed by atoms with Gasteiger partial charge in [0.25, 0.3) is 5.69 Å². The standard InChI is InChI=1S/C12H13N3O4/c1-2-19-12(16)5-8-3-4-11(15(17)18)10(7-14)9(8)6-13/h3-4H,2,5-6,13H2,1H3. The highest BCUT2D eigenvalue weighted by Gasteiger charge is 2.21. The van der Waals surface area contributed by atoms with E-state index in [4.69, 9.17) is 15.7 Å². The van der Waals surface area contributed by atoms with Crippen LogP contribution in [0, 0.1) is 21.4 Å². The first-order chi connectivity index (χ1) is 9.04. The van der Waals surface area contributed by atoms with Crippen molar-refractivity contribution in [1.82, 2.24) is 0 Å². The molecule has 0 unspecified atom stereocenters. The fourth-order valence-electron chi connectivity index (χ4n) is 1.72. The van der Waals surface area contributed by atoms with E-state index in [2.05, 4.69) is 0 Å². The molecule has 0 heterocycles. The number of ether oxygens (including phenoxy) is 1. The second-order valence-electron chi connectivity index (χ2n) is 3.65. The van der Waals surface area contributed by atoms with Crippen molar-refractivity contribution in [2.45, 2.75) is 19.9 Å². The van der Waals surface area contributed by atoms with E-state index < -0.39 is 10.9 Å². The van der Waals surface area contributed by atoms with Crippen LogP contribution in [0.3, 0.4) is 0 Å². The number of esters is 1. The van der Waals surface area contributed by atoms with Crippen LogP contribution in [0.5, 0.6) is 0 Å². The number of nitro groups is 1. The Morgan fingerprint density at radius 3 is 2.74 bits per heavy atom. The van der Waals surface area contributed by atoms with Crippen LogP contribution >= 0.6 is 0 Å². The monoisotopic (exact) mass is 263 g/mol. The third-order valence-electron chi connectivity index (χ3n) is 2.54. The summed E-state index contributed by atoms with van der Waals surface area (Å²) in [7, 11) is 0. The smallest absolute Gasteiger partial charge is 0.310 e. The number of nitriles is 1. The van der Waals surface area contributed by atoms with Gasteiger partial charge in [-0.15, -0.1) is 0 Å². The van der Waals surface area contributed by atoms with E-state index in [1.54, 1.807) is 13.0 Å². The van der Waals surface area contributed by atoms with Gasteiger partial charge in [-0.05, 0) is 18.1 Å². The first-order valence-electron chi connectivity index (χ1n) is 5.60. The van der Waals surface area contributed by atoms with Crippen molar-refractivity contribution in [2.24, 2.45) is 5.73 Å². The number of nitrogens with two attached hydrogens (primary N) is 1. The summed E-state index contributed by atoms with van der Waals surface area (Å²) in [6.45, 7) is 1.87. The Bertz CT molecular complexity index is 549. The highest BCUT2D eigenvalue weighted by molar-refractivity contribution is 5.74. The fraction of sp³-hybridized carbons (Fsp3) is 0.333. The minimum absolute atomic E-state index is 0.0562. The maximum absolute atomic E-state index is 11.4. The molecule has 0 aromatic heterocycles. The van der Waals surface area contributed by atoms with E-state index in [-0.39, 0.29) is 30.8 Å². The number of nitro benzene ring substituents is 1. The summed E-state index contributed by atoms with van der Waals surface area (Å²) in [5, 5.41) is 19.8. The number of carbonyl (C=O) groups is 1. The molecule has 0 spiro atoms. The number of hydrogen-bond acceptors (Lipinski definition) is 6. The summed E-state index contributed by atoms with van der Waals surface area (Å²) in [4.78, 5) is 21.6. The molecule has 1 rings (SSSR count).